The first-order valence-electron chi connectivity index (χ1n) is 6.75. The molecule has 3 rings (SSSR count). The lowest BCUT2D eigenvalue weighted by atomic mass is 10.0. The molecule has 1 saturated heterocycles. The van der Waals surface area contributed by atoms with Crippen LogP contribution in [0.3, 0.4) is 0 Å². The summed E-state index contributed by atoms with van der Waals surface area (Å²) in [4.78, 5) is 27.0. The fourth-order valence-corrected chi connectivity index (χ4v) is 3.19. The third-order valence-electron chi connectivity index (χ3n) is 3.45. The molecule has 20 heavy (non-hydrogen) atoms. The van der Waals surface area contributed by atoms with Gasteiger partial charge in [0.1, 0.15) is 16.4 Å². The standard InChI is InChI=1S/C14H16N4OS/c1-10-3-2-6-18(8-10)14(19)12-9-20-13(17-12)11-7-15-4-5-16-11/h4-5,7,9-10H,2-3,6,8H2,1H3/t10-/m1/s1. The van der Waals surface area contributed by atoms with E-state index in [1.807, 2.05) is 10.3 Å². The lowest BCUT2D eigenvalue weighted by molar-refractivity contribution is 0.0678. The van der Waals surface area contributed by atoms with Crippen LogP contribution in [0.4, 0.5) is 0 Å². The van der Waals surface area contributed by atoms with Gasteiger partial charge in [-0.15, -0.1) is 11.3 Å². The molecule has 0 aromatic carbocycles. The molecule has 1 aliphatic rings. The van der Waals surface area contributed by atoms with Crippen LogP contribution in [0.1, 0.15) is 30.3 Å². The van der Waals surface area contributed by atoms with Gasteiger partial charge < -0.3 is 4.90 Å². The molecule has 2 aromatic heterocycles. The Bertz CT molecular complexity index is 598. The number of aromatic nitrogens is 3. The maximum atomic E-state index is 12.4. The molecule has 5 nitrogen and oxygen atoms in total. The molecular weight excluding hydrogens is 272 g/mol. The number of nitrogens with zero attached hydrogens (tertiary/aromatic N) is 4. The molecule has 2 aromatic rings. The first-order chi connectivity index (χ1) is 9.74. The molecule has 1 fully saturated rings. The van der Waals surface area contributed by atoms with Crippen LogP contribution in [0.15, 0.2) is 24.0 Å². The van der Waals surface area contributed by atoms with Gasteiger partial charge in [0.2, 0.25) is 0 Å². The molecule has 0 saturated carbocycles. The molecule has 0 N–H and O–H groups in total. The normalized spacial score (nSPS) is 19.1. The van der Waals surface area contributed by atoms with Crippen molar-refractivity contribution in [1.29, 1.82) is 0 Å². The molecular formula is C14H16N4OS. The van der Waals surface area contributed by atoms with E-state index in [1.54, 1.807) is 18.6 Å². The maximum Gasteiger partial charge on any atom is 0.273 e. The van der Waals surface area contributed by atoms with Crippen molar-refractivity contribution in [1.82, 2.24) is 19.9 Å². The summed E-state index contributed by atoms with van der Waals surface area (Å²) in [6.45, 7) is 3.85. The molecule has 0 bridgehead atoms. The van der Waals surface area contributed by atoms with Crippen LogP contribution in [-0.2, 0) is 0 Å². The Labute approximate surface area is 121 Å². The third-order valence-corrected chi connectivity index (χ3v) is 4.31. The van der Waals surface area contributed by atoms with Gasteiger partial charge in [-0.1, -0.05) is 6.92 Å². The molecule has 1 aliphatic heterocycles. The highest BCUT2D eigenvalue weighted by molar-refractivity contribution is 7.13. The van der Waals surface area contributed by atoms with Crippen LogP contribution in [0.5, 0.6) is 0 Å². The molecule has 0 spiro atoms. The number of thiazole rings is 1. The number of carbonyl (C=O) groups is 1. The minimum absolute atomic E-state index is 0.0305. The van der Waals surface area contributed by atoms with Crippen LogP contribution in [0, 0.1) is 5.92 Å². The first kappa shape index (κ1) is 13.2. The van der Waals surface area contributed by atoms with Crippen molar-refractivity contribution in [3.05, 3.63) is 29.7 Å². The highest BCUT2D eigenvalue weighted by Crippen LogP contribution is 2.23. The number of amides is 1. The van der Waals surface area contributed by atoms with E-state index >= 15 is 0 Å². The Hall–Kier alpha value is -1.82. The van der Waals surface area contributed by atoms with Crippen molar-refractivity contribution in [2.45, 2.75) is 19.8 Å². The quantitative estimate of drug-likeness (QED) is 0.851. The number of carbonyl (C=O) groups excluding carboxylic acids is 1. The summed E-state index contributed by atoms with van der Waals surface area (Å²) in [5, 5.41) is 2.55. The van der Waals surface area contributed by atoms with E-state index in [4.69, 9.17) is 0 Å². The van der Waals surface area contributed by atoms with Crippen molar-refractivity contribution in [2.75, 3.05) is 13.1 Å². The summed E-state index contributed by atoms with van der Waals surface area (Å²) < 4.78 is 0. The van der Waals surface area contributed by atoms with Gasteiger partial charge in [-0.3, -0.25) is 14.8 Å². The minimum atomic E-state index is 0.0305. The monoisotopic (exact) mass is 288 g/mol. The van der Waals surface area contributed by atoms with E-state index in [2.05, 4.69) is 21.9 Å². The van der Waals surface area contributed by atoms with Crippen molar-refractivity contribution in [2.24, 2.45) is 5.92 Å². The van der Waals surface area contributed by atoms with E-state index in [0.717, 1.165) is 24.5 Å². The number of hydrogen-bond donors (Lipinski definition) is 0. The zero-order valence-electron chi connectivity index (χ0n) is 11.3. The summed E-state index contributed by atoms with van der Waals surface area (Å²) in [5.41, 5.74) is 1.23. The number of rotatable bonds is 2. The van der Waals surface area contributed by atoms with E-state index in [1.165, 1.54) is 17.8 Å². The van der Waals surface area contributed by atoms with E-state index < -0.39 is 0 Å². The van der Waals surface area contributed by atoms with Gasteiger partial charge in [0, 0.05) is 30.9 Å². The Kier molecular flexibility index (Phi) is 3.73. The van der Waals surface area contributed by atoms with Gasteiger partial charge >= 0.3 is 0 Å². The summed E-state index contributed by atoms with van der Waals surface area (Å²) in [6.07, 6.45) is 7.19. The van der Waals surface area contributed by atoms with Crippen molar-refractivity contribution in [3.8, 4) is 10.7 Å². The van der Waals surface area contributed by atoms with Gasteiger partial charge in [0.05, 0.1) is 6.20 Å². The highest BCUT2D eigenvalue weighted by Gasteiger charge is 2.24. The first-order valence-corrected chi connectivity index (χ1v) is 7.63. The van der Waals surface area contributed by atoms with Gasteiger partial charge in [-0.2, -0.15) is 0 Å². The fraction of sp³-hybridized carbons (Fsp3) is 0.429. The lowest BCUT2D eigenvalue weighted by Crippen LogP contribution is -2.39. The van der Waals surface area contributed by atoms with Crippen LogP contribution in [-0.4, -0.2) is 38.8 Å². The topological polar surface area (TPSA) is 59.0 Å². The fourth-order valence-electron chi connectivity index (χ4n) is 2.44. The average Bonchev–Trinajstić information content (AvgIpc) is 2.97. The van der Waals surface area contributed by atoms with Gasteiger partial charge in [-0.25, -0.2) is 4.98 Å². The van der Waals surface area contributed by atoms with Crippen LogP contribution in [0.25, 0.3) is 10.7 Å². The number of likely N-dealkylation sites (tertiary alicyclic amines) is 1. The third kappa shape index (κ3) is 2.70. The maximum absolute atomic E-state index is 12.4. The highest BCUT2D eigenvalue weighted by atomic mass is 32.1. The van der Waals surface area contributed by atoms with Crippen LogP contribution >= 0.6 is 11.3 Å². The predicted octanol–water partition coefficient (Wildman–Crippen LogP) is 2.47. The number of piperidine rings is 1. The Morgan fingerprint density at radius 1 is 1.45 bits per heavy atom. The Balaban J connectivity index is 1.78. The van der Waals surface area contributed by atoms with Crippen molar-refractivity contribution in [3.63, 3.8) is 0 Å². The second kappa shape index (κ2) is 5.66. The van der Waals surface area contributed by atoms with Crippen molar-refractivity contribution < 1.29 is 4.79 Å². The molecule has 0 aliphatic carbocycles. The largest absolute Gasteiger partial charge is 0.337 e. The Morgan fingerprint density at radius 2 is 2.35 bits per heavy atom. The minimum Gasteiger partial charge on any atom is -0.337 e. The summed E-state index contributed by atoms with van der Waals surface area (Å²) >= 11 is 1.43. The molecule has 6 heteroatoms. The van der Waals surface area contributed by atoms with Gasteiger partial charge in [0.25, 0.3) is 5.91 Å². The second-order valence-electron chi connectivity index (χ2n) is 5.13. The predicted molar refractivity (Wildman–Crippen MR) is 77.4 cm³/mol. The molecule has 3 heterocycles. The van der Waals surface area contributed by atoms with E-state index in [9.17, 15) is 4.79 Å². The molecule has 104 valence electrons. The van der Waals surface area contributed by atoms with E-state index in [-0.39, 0.29) is 5.91 Å². The molecule has 1 amide bonds. The summed E-state index contributed by atoms with van der Waals surface area (Å²) in [7, 11) is 0. The molecule has 0 radical (unpaired) electrons. The number of hydrogen-bond acceptors (Lipinski definition) is 5. The average molecular weight is 288 g/mol. The summed E-state index contributed by atoms with van der Waals surface area (Å²) in [6, 6.07) is 0. The molecule has 1 atom stereocenters. The van der Waals surface area contributed by atoms with E-state index in [0.29, 0.717) is 17.3 Å². The lowest BCUT2D eigenvalue weighted by Gasteiger charge is -2.30. The zero-order chi connectivity index (χ0) is 13.9. The molecule has 0 unspecified atom stereocenters. The smallest absolute Gasteiger partial charge is 0.273 e. The van der Waals surface area contributed by atoms with Crippen LogP contribution < -0.4 is 0 Å². The second-order valence-corrected chi connectivity index (χ2v) is 5.99. The summed E-state index contributed by atoms with van der Waals surface area (Å²) in [5.74, 6) is 0.605. The van der Waals surface area contributed by atoms with Crippen LogP contribution in [0.2, 0.25) is 0 Å². The SMILES string of the molecule is C[C@@H]1CCCN(C(=O)c2csc(-c3cnccn3)n2)C1. The Morgan fingerprint density at radius 3 is 3.10 bits per heavy atom. The van der Waals surface area contributed by atoms with Gasteiger partial charge in [-0.05, 0) is 18.8 Å². The zero-order valence-corrected chi connectivity index (χ0v) is 12.1. The van der Waals surface area contributed by atoms with Crippen molar-refractivity contribution >= 4 is 17.2 Å². The van der Waals surface area contributed by atoms with Gasteiger partial charge in [0.15, 0.2) is 0 Å².